The average molecular weight is 259 g/mol. The first-order chi connectivity index (χ1) is 8.34. The molecule has 0 aliphatic carbocycles. The van der Waals surface area contributed by atoms with Crippen LogP contribution in [0.25, 0.3) is 0 Å². The molecule has 0 saturated heterocycles. The molecular formula is C8H9N3O7. The van der Waals surface area contributed by atoms with Crippen LogP contribution in [0.15, 0.2) is 12.1 Å². The molecule has 1 rings (SSSR count). The van der Waals surface area contributed by atoms with E-state index in [0.717, 1.165) is 0 Å². The Kier molecular flexibility index (Phi) is 5.14. The van der Waals surface area contributed by atoms with Crippen LogP contribution in [0.2, 0.25) is 0 Å². The number of benzene rings is 1. The maximum atomic E-state index is 10.4. The predicted molar refractivity (Wildman–Crippen MR) is 59.4 cm³/mol. The molecular weight excluding hydrogens is 250 g/mol. The molecule has 0 saturated carbocycles. The van der Waals surface area contributed by atoms with Gasteiger partial charge >= 0.3 is 11.4 Å². The monoisotopic (exact) mass is 259 g/mol. The summed E-state index contributed by atoms with van der Waals surface area (Å²) in [6, 6.07) is 0.894. The van der Waals surface area contributed by atoms with Crippen molar-refractivity contribution < 1.29 is 19.9 Å². The van der Waals surface area contributed by atoms with E-state index in [0.29, 0.717) is 12.1 Å². The highest BCUT2D eigenvalue weighted by Crippen LogP contribution is 2.38. The van der Waals surface area contributed by atoms with Gasteiger partial charge in [0.05, 0.1) is 26.9 Å². The smallest absolute Gasteiger partial charge is 0.324 e. The molecule has 0 aliphatic rings. The maximum absolute atomic E-state index is 10.4. The van der Waals surface area contributed by atoms with Crippen LogP contribution in [0.1, 0.15) is 13.8 Å². The van der Waals surface area contributed by atoms with Gasteiger partial charge in [0.2, 0.25) is 0 Å². The van der Waals surface area contributed by atoms with E-state index in [2.05, 4.69) is 0 Å². The fourth-order valence-electron chi connectivity index (χ4n) is 0.974. The summed E-state index contributed by atoms with van der Waals surface area (Å²) in [5.41, 5.74) is -3.00. The molecule has 10 nitrogen and oxygen atoms in total. The van der Waals surface area contributed by atoms with Crippen LogP contribution in [-0.2, 0) is 0 Å². The zero-order valence-electron chi connectivity index (χ0n) is 9.39. The van der Waals surface area contributed by atoms with Crippen molar-refractivity contribution >= 4 is 17.1 Å². The Bertz CT molecular complexity index is 464. The van der Waals surface area contributed by atoms with Gasteiger partial charge in [0.25, 0.3) is 11.4 Å². The van der Waals surface area contributed by atoms with Gasteiger partial charge in [-0.3, -0.25) is 30.3 Å². The van der Waals surface area contributed by atoms with Crippen LogP contribution >= 0.6 is 0 Å². The third-order valence-corrected chi connectivity index (χ3v) is 1.66. The fourth-order valence-corrected chi connectivity index (χ4v) is 0.974. The maximum Gasteiger partial charge on any atom is 0.324 e. The third-order valence-electron chi connectivity index (χ3n) is 1.66. The molecule has 0 radical (unpaired) electrons. The van der Waals surface area contributed by atoms with Crippen molar-refractivity contribution in [1.82, 2.24) is 0 Å². The molecule has 1 aromatic carbocycles. The average Bonchev–Trinajstić information content (AvgIpc) is 2.30. The summed E-state index contributed by atoms with van der Waals surface area (Å²) in [5, 5.41) is 40.2. The lowest BCUT2D eigenvalue weighted by molar-refractivity contribution is -0.404. The number of hydrogen-bond donors (Lipinski definition) is 1. The Balaban J connectivity index is 0.00000137. The lowest BCUT2D eigenvalue weighted by Crippen LogP contribution is -1.97. The van der Waals surface area contributed by atoms with Crippen molar-refractivity contribution in [1.29, 1.82) is 0 Å². The summed E-state index contributed by atoms with van der Waals surface area (Å²) >= 11 is 0. The molecule has 1 N–H and O–H groups in total. The number of phenols is 1. The summed E-state index contributed by atoms with van der Waals surface area (Å²) in [6.07, 6.45) is 0. The quantitative estimate of drug-likeness (QED) is 0.644. The first-order valence-electron chi connectivity index (χ1n) is 4.64. The lowest BCUT2D eigenvalue weighted by Gasteiger charge is -1.97. The number of hydrogen-bond acceptors (Lipinski definition) is 7. The third kappa shape index (κ3) is 3.10. The molecule has 0 unspecified atom stereocenters. The van der Waals surface area contributed by atoms with E-state index >= 15 is 0 Å². The van der Waals surface area contributed by atoms with Crippen LogP contribution in [0.4, 0.5) is 17.1 Å². The van der Waals surface area contributed by atoms with Crippen molar-refractivity contribution in [2.75, 3.05) is 0 Å². The molecule has 0 bridgehead atoms. The normalized spacial score (nSPS) is 9.00. The summed E-state index contributed by atoms with van der Waals surface area (Å²) in [5.74, 6) is -1.21. The molecule has 0 amide bonds. The molecule has 0 fully saturated rings. The molecule has 0 atom stereocenters. The zero-order chi connectivity index (χ0) is 14.5. The first-order valence-corrected chi connectivity index (χ1v) is 4.64. The molecule has 10 heteroatoms. The van der Waals surface area contributed by atoms with Crippen LogP contribution in [0.3, 0.4) is 0 Å². The van der Waals surface area contributed by atoms with E-state index in [9.17, 15) is 30.3 Å². The van der Waals surface area contributed by atoms with Crippen molar-refractivity contribution in [3.63, 3.8) is 0 Å². The number of aromatic hydroxyl groups is 1. The van der Waals surface area contributed by atoms with Crippen LogP contribution < -0.4 is 0 Å². The van der Waals surface area contributed by atoms with Gasteiger partial charge in [0, 0.05) is 0 Å². The Morgan fingerprint density at radius 3 is 1.44 bits per heavy atom. The highest BCUT2D eigenvalue weighted by atomic mass is 16.6. The number of rotatable bonds is 3. The molecule has 98 valence electrons. The number of nitro groups is 3. The number of non-ortho nitro benzene ring substituents is 1. The van der Waals surface area contributed by atoms with Crippen molar-refractivity contribution in [3.05, 3.63) is 42.5 Å². The predicted octanol–water partition coefficient (Wildman–Crippen LogP) is 2.14. The van der Waals surface area contributed by atoms with E-state index in [1.54, 1.807) is 0 Å². The van der Waals surface area contributed by atoms with E-state index in [1.807, 2.05) is 13.8 Å². The molecule has 0 heterocycles. The van der Waals surface area contributed by atoms with Gasteiger partial charge in [-0.1, -0.05) is 13.8 Å². The van der Waals surface area contributed by atoms with Crippen LogP contribution in [-0.4, -0.2) is 19.9 Å². The Labute approximate surface area is 99.9 Å². The van der Waals surface area contributed by atoms with Crippen LogP contribution in [0, 0.1) is 30.3 Å². The highest BCUT2D eigenvalue weighted by molar-refractivity contribution is 5.64. The van der Waals surface area contributed by atoms with E-state index in [-0.39, 0.29) is 0 Å². The largest absolute Gasteiger partial charge is 0.497 e. The van der Waals surface area contributed by atoms with Gasteiger partial charge < -0.3 is 5.11 Å². The highest BCUT2D eigenvalue weighted by Gasteiger charge is 2.29. The van der Waals surface area contributed by atoms with Gasteiger partial charge in [-0.25, -0.2) is 0 Å². The number of nitrogens with zero attached hydrogens (tertiary/aromatic N) is 3. The minimum absolute atomic E-state index is 0.447. The second-order valence-electron chi connectivity index (χ2n) is 2.60. The second-order valence-corrected chi connectivity index (χ2v) is 2.60. The standard InChI is InChI=1S/C6H3N3O7.C2H6/c10-6-4(8(13)14)1-3(7(11)12)2-5(6)9(15)16;1-2/h1-2,10H;1-2H3. The van der Waals surface area contributed by atoms with E-state index in [4.69, 9.17) is 5.11 Å². The minimum atomic E-state index is -1.21. The lowest BCUT2D eigenvalue weighted by atomic mass is 10.2. The summed E-state index contributed by atoms with van der Waals surface area (Å²) in [4.78, 5) is 27.8. The summed E-state index contributed by atoms with van der Waals surface area (Å²) in [6.45, 7) is 4.00. The van der Waals surface area contributed by atoms with Gasteiger partial charge in [-0.05, 0) is 0 Å². The van der Waals surface area contributed by atoms with Gasteiger partial charge in [0.15, 0.2) is 0 Å². The Hall–Kier alpha value is -2.78. The fraction of sp³-hybridized carbons (Fsp3) is 0.250. The first kappa shape index (κ1) is 15.2. The zero-order valence-corrected chi connectivity index (χ0v) is 9.39. The van der Waals surface area contributed by atoms with Crippen molar-refractivity contribution in [2.45, 2.75) is 13.8 Å². The molecule has 1 aromatic rings. The summed E-state index contributed by atoms with van der Waals surface area (Å²) in [7, 11) is 0. The van der Waals surface area contributed by atoms with Crippen molar-refractivity contribution in [2.24, 2.45) is 0 Å². The Morgan fingerprint density at radius 1 is 0.889 bits per heavy atom. The molecule has 18 heavy (non-hydrogen) atoms. The number of phenolic OH excluding ortho intramolecular Hbond substituents is 1. The van der Waals surface area contributed by atoms with E-state index < -0.39 is 37.6 Å². The topological polar surface area (TPSA) is 150 Å². The number of nitro benzene ring substituents is 3. The van der Waals surface area contributed by atoms with E-state index in [1.165, 1.54) is 0 Å². The second kappa shape index (κ2) is 6.08. The van der Waals surface area contributed by atoms with Crippen LogP contribution in [0.5, 0.6) is 5.75 Å². The Morgan fingerprint density at radius 2 is 1.22 bits per heavy atom. The molecule has 0 spiro atoms. The van der Waals surface area contributed by atoms with Gasteiger partial charge in [-0.2, -0.15) is 0 Å². The summed E-state index contributed by atoms with van der Waals surface area (Å²) < 4.78 is 0. The SMILES string of the molecule is CC.O=[N+]([O-])c1cc([N+](=O)[O-])c(O)c([N+](=O)[O-])c1. The van der Waals surface area contributed by atoms with Crippen molar-refractivity contribution in [3.8, 4) is 5.75 Å². The minimum Gasteiger partial charge on any atom is -0.497 e. The molecule has 0 aliphatic heterocycles. The van der Waals surface area contributed by atoms with Gasteiger partial charge in [-0.15, -0.1) is 0 Å². The van der Waals surface area contributed by atoms with Gasteiger partial charge in [0.1, 0.15) is 0 Å². The molecule has 0 aromatic heterocycles.